The number of rotatable bonds is 6. The van der Waals surface area contributed by atoms with Crippen LogP contribution in [0.4, 0.5) is 0 Å². The molecule has 0 aromatic carbocycles. The lowest BCUT2D eigenvalue weighted by molar-refractivity contribution is -0.148. The Labute approximate surface area is 130 Å². The molecule has 1 aliphatic rings. The average molecular weight is 314 g/mol. The summed E-state index contributed by atoms with van der Waals surface area (Å²) in [7, 11) is 1.38. The minimum Gasteiger partial charge on any atom is -0.480 e. The van der Waals surface area contributed by atoms with E-state index in [2.05, 4.69) is 5.32 Å². The highest BCUT2D eigenvalue weighted by molar-refractivity contribution is 5.92. The minimum atomic E-state index is -1.13. The van der Waals surface area contributed by atoms with Crippen molar-refractivity contribution in [3.8, 4) is 0 Å². The molecule has 1 aliphatic heterocycles. The Hall–Kier alpha value is -2.12. The Kier molecular flexibility index (Phi) is 5.74. The monoisotopic (exact) mass is 314 g/mol. The van der Waals surface area contributed by atoms with Crippen LogP contribution in [0.2, 0.25) is 0 Å². The van der Waals surface area contributed by atoms with Crippen LogP contribution >= 0.6 is 0 Å². The highest BCUT2D eigenvalue weighted by Gasteiger charge is 2.39. The number of carboxylic acids is 1. The number of carbonyl (C=O) groups is 4. The summed E-state index contributed by atoms with van der Waals surface area (Å²) in [4.78, 5) is 49.1. The van der Waals surface area contributed by atoms with Gasteiger partial charge in [0.15, 0.2) is 0 Å². The van der Waals surface area contributed by atoms with Crippen molar-refractivity contribution in [1.29, 1.82) is 0 Å². The molecule has 124 valence electrons. The molecule has 0 unspecified atom stereocenters. The number of likely N-dealkylation sites (N-methyl/N-ethyl adjacent to an activating group) is 1. The molecule has 1 saturated heterocycles. The maximum absolute atomic E-state index is 12.6. The number of carbonyl (C=O) groups excluding carboxylic acids is 3. The van der Waals surface area contributed by atoms with E-state index in [4.69, 9.17) is 6.48 Å². The lowest BCUT2D eigenvalue weighted by Crippen LogP contribution is -2.54. The van der Waals surface area contributed by atoms with Crippen LogP contribution in [0.5, 0.6) is 0 Å². The smallest absolute Gasteiger partial charge is 0.323 e. The maximum Gasteiger partial charge on any atom is 0.323 e. The van der Waals surface area contributed by atoms with E-state index in [0.29, 0.717) is 19.4 Å². The first kappa shape index (κ1) is 16.3. The topological polar surface area (TPSA) is 107 Å². The zero-order chi connectivity index (χ0) is 17.7. The van der Waals surface area contributed by atoms with Gasteiger partial charge in [-0.3, -0.25) is 19.2 Å². The molecule has 8 heteroatoms. The van der Waals surface area contributed by atoms with Gasteiger partial charge in [-0.25, -0.2) is 0 Å². The average Bonchev–Trinajstić information content (AvgIpc) is 2.91. The van der Waals surface area contributed by atoms with E-state index >= 15 is 0 Å². The largest absolute Gasteiger partial charge is 0.480 e. The first-order valence-corrected chi connectivity index (χ1v) is 7.19. The molecule has 1 rings (SSSR count). The summed E-state index contributed by atoms with van der Waals surface area (Å²) in [6.45, 7) is 3.41. The molecule has 0 saturated carbocycles. The van der Waals surface area contributed by atoms with Gasteiger partial charge in [0.2, 0.25) is 18.2 Å². The third kappa shape index (κ3) is 4.19. The molecule has 0 aromatic heterocycles. The van der Waals surface area contributed by atoms with Crippen LogP contribution in [0.15, 0.2) is 0 Å². The fourth-order valence-corrected chi connectivity index (χ4v) is 2.58. The molecular weight excluding hydrogens is 290 g/mol. The van der Waals surface area contributed by atoms with Crippen molar-refractivity contribution in [3.63, 3.8) is 0 Å². The van der Waals surface area contributed by atoms with Crippen LogP contribution in [0.3, 0.4) is 0 Å². The number of aliphatic carboxylic acids is 1. The van der Waals surface area contributed by atoms with E-state index in [1.165, 1.54) is 11.9 Å². The Morgan fingerprint density at radius 1 is 1.50 bits per heavy atom. The van der Waals surface area contributed by atoms with Crippen molar-refractivity contribution in [2.75, 3.05) is 20.1 Å². The molecule has 0 radical (unpaired) electrons. The number of nitrogens with one attached hydrogen (secondary N) is 1. The Bertz CT molecular complexity index is 497. The first-order chi connectivity index (χ1) is 10.6. The Morgan fingerprint density at radius 2 is 2.14 bits per heavy atom. The molecule has 0 aromatic rings. The number of amides is 3. The molecule has 0 bridgehead atoms. The second-order valence-corrected chi connectivity index (χ2v) is 5.75. The van der Waals surface area contributed by atoms with Crippen LogP contribution in [0, 0.1) is 5.92 Å². The lowest BCUT2D eigenvalue weighted by atomic mass is 10.0. The number of likely N-dealkylation sites (tertiary alicyclic amines) is 1. The minimum absolute atomic E-state index is 0.232. The maximum atomic E-state index is 12.6. The van der Waals surface area contributed by atoms with Crippen LogP contribution < -0.4 is 5.32 Å². The standard InChI is InChI=1S/C14H23N3O5/c1-9(2)12(15-8-18)14(22)17-6-4-5-10(17)13(21)16(3)7-11(19)20/h8-10,12H,4-7H2,1-3H3,(H,15,18)(H,19,20)/t10-,12-/m0/s1/i8D. The predicted molar refractivity (Wildman–Crippen MR) is 77.8 cm³/mol. The summed E-state index contributed by atoms with van der Waals surface area (Å²) in [5, 5.41) is 11.1. The summed E-state index contributed by atoms with van der Waals surface area (Å²) in [5.74, 6) is -2.21. The van der Waals surface area contributed by atoms with Crippen molar-refractivity contribution < 1.29 is 25.7 Å². The molecule has 8 nitrogen and oxygen atoms in total. The first-order valence-electron chi connectivity index (χ1n) is 7.69. The van der Waals surface area contributed by atoms with Gasteiger partial charge in [0, 0.05) is 13.6 Å². The van der Waals surface area contributed by atoms with Gasteiger partial charge >= 0.3 is 5.97 Å². The van der Waals surface area contributed by atoms with E-state index in [9.17, 15) is 19.2 Å². The predicted octanol–water partition coefficient (Wildman–Crippen LogP) is -0.709. The Balaban J connectivity index is 2.88. The van der Waals surface area contributed by atoms with E-state index in [1.807, 2.05) is 0 Å². The van der Waals surface area contributed by atoms with Crippen LogP contribution in [-0.4, -0.2) is 71.3 Å². The van der Waals surface area contributed by atoms with Crippen molar-refractivity contribution in [3.05, 3.63) is 0 Å². The van der Waals surface area contributed by atoms with Crippen molar-refractivity contribution in [2.45, 2.75) is 38.8 Å². The quantitative estimate of drug-likeness (QED) is 0.630. The van der Waals surface area contributed by atoms with Crippen molar-refractivity contribution in [1.82, 2.24) is 15.1 Å². The normalized spacial score (nSPS) is 19.5. The second kappa shape index (κ2) is 7.77. The van der Waals surface area contributed by atoms with Crippen molar-refractivity contribution in [2.24, 2.45) is 5.92 Å². The molecule has 22 heavy (non-hydrogen) atoms. The lowest BCUT2D eigenvalue weighted by Gasteiger charge is -2.31. The highest BCUT2D eigenvalue weighted by atomic mass is 16.4. The van der Waals surface area contributed by atoms with Gasteiger partial charge in [0.05, 0.1) is 0 Å². The SMILES string of the molecule is [2H]C(=O)N[C@H](C(=O)N1CCC[C@H]1C(=O)N(C)CC(=O)O)C(C)C. The zero-order valence-corrected chi connectivity index (χ0v) is 13.0. The highest BCUT2D eigenvalue weighted by Crippen LogP contribution is 2.21. The van der Waals surface area contributed by atoms with Gasteiger partial charge in [0.1, 0.15) is 20.0 Å². The second-order valence-electron chi connectivity index (χ2n) is 5.75. The molecule has 2 atom stereocenters. The summed E-state index contributed by atoms with van der Waals surface area (Å²) >= 11 is 0. The zero-order valence-electron chi connectivity index (χ0n) is 14.0. The fraction of sp³-hybridized carbons (Fsp3) is 0.714. The summed E-state index contributed by atoms with van der Waals surface area (Å²) in [5.41, 5.74) is 0. The Morgan fingerprint density at radius 3 is 2.64 bits per heavy atom. The summed E-state index contributed by atoms with van der Waals surface area (Å²) in [6.07, 6.45) is 0.0266. The van der Waals surface area contributed by atoms with E-state index in [-0.39, 0.29) is 5.92 Å². The summed E-state index contributed by atoms with van der Waals surface area (Å²) in [6, 6.07) is -1.60. The van der Waals surface area contributed by atoms with Crippen LogP contribution in [-0.2, 0) is 19.2 Å². The molecule has 0 spiro atoms. The molecule has 3 amide bonds. The van der Waals surface area contributed by atoms with Gasteiger partial charge in [-0.15, -0.1) is 0 Å². The molecule has 1 heterocycles. The van der Waals surface area contributed by atoms with Gasteiger partial charge < -0.3 is 20.2 Å². The van der Waals surface area contributed by atoms with Gasteiger partial charge in [-0.1, -0.05) is 13.8 Å². The third-order valence-electron chi connectivity index (χ3n) is 3.72. The molecule has 2 N–H and O–H groups in total. The molecular formula is C14H23N3O5. The summed E-state index contributed by atoms with van der Waals surface area (Å²) < 4.78 is 6.98. The van der Waals surface area contributed by atoms with E-state index in [0.717, 1.165) is 4.90 Å². The number of hydrogen-bond donors (Lipinski definition) is 2. The number of carboxylic acid groups (broad SMARTS) is 1. The number of nitrogens with zero attached hydrogens (tertiary/aromatic N) is 2. The van der Waals surface area contributed by atoms with Crippen molar-refractivity contribution >= 4 is 24.2 Å². The molecule has 0 aliphatic carbocycles. The fourth-order valence-electron chi connectivity index (χ4n) is 2.58. The van der Waals surface area contributed by atoms with E-state index in [1.54, 1.807) is 13.8 Å². The van der Waals surface area contributed by atoms with Gasteiger partial charge in [-0.2, -0.15) is 0 Å². The van der Waals surface area contributed by atoms with E-state index < -0.39 is 42.8 Å². The number of hydrogen-bond acceptors (Lipinski definition) is 4. The van der Waals surface area contributed by atoms with Gasteiger partial charge in [-0.05, 0) is 18.8 Å². The van der Waals surface area contributed by atoms with Crippen LogP contribution in [0.1, 0.15) is 28.1 Å². The van der Waals surface area contributed by atoms with Gasteiger partial charge in [0.25, 0.3) is 0 Å². The van der Waals surface area contributed by atoms with Crippen LogP contribution in [0.25, 0.3) is 0 Å². The third-order valence-corrected chi connectivity index (χ3v) is 3.72. The molecule has 1 fully saturated rings.